The quantitative estimate of drug-likeness (QED) is 0.925. The highest BCUT2D eigenvalue weighted by molar-refractivity contribution is 5.27. The predicted octanol–water partition coefficient (Wildman–Crippen LogP) is 1.98. The van der Waals surface area contributed by atoms with Gasteiger partial charge in [0.2, 0.25) is 0 Å². The van der Waals surface area contributed by atoms with Gasteiger partial charge in [0.1, 0.15) is 0 Å². The summed E-state index contributed by atoms with van der Waals surface area (Å²) in [5, 5.41) is 9.32. The van der Waals surface area contributed by atoms with E-state index in [2.05, 4.69) is 4.90 Å². The van der Waals surface area contributed by atoms with Crippen LogP contribution in [0.2, 0.25) is 0 Å². The molecule has 0 saturated carbocycles. The van der Waals surface area contributed by atoms with Crippen molar-refractivity contribution < 1.29 is 13.9 Å². The molecule has 6 heteroatoms. The third-order valence-corrected chi connectivity index (χ3v) is 4.33. The molecule has 0 spiro atoms. The first-order valence-corrected chi connectivity index (χ1v) is 7.36. The van der Waals surface area contributed by atoms with E-state index in [-0.39, 0.29) is 29.7 Å². The van der Waals surface area contributed by atoms with E-state index in [9.17, 15) is 18.7 Å². The maximum Gasteiger partial charge on any atom is 0.265 e. The number of aliphatic hydroxyl groups excluding tert-OH is 1. The van der Waals surface area contributed by atoms with E-state index >= 15 is 0 Å². The van der Waals surface area contributed by atoms with Crippen LogP contribution in [0.1, 0.15) is 43.9 Å². The minimum absolute atomic E-state index is 0.0172. The molecule has 1 aromatic heterocycles. The number of aromatic nitrogens is 1. The standard InChI is InChI=1S/C15H22F2N2O2/c1-3-11-8-18(10(2)9-20)6-7-19-13(21)5-4-12(14(11)19)15(16)17/h4-5,10-11,15,20H,3,6-9H2,1-2H3/t10?,11-/m1/s1. The molecular weight excluding hydrogens is 278 g/mol. The Balaban J connectivity index is 2.49. The predicted molar refractivity (Wildman–Crippen MR) is 76.8 cm³/mol. The number of hydrogen-bond acceptors (Lipinski definition) is 3. The lowest BCUT2D eigenvalue weighted by molar-refractivity contribution is 0.128. The van der Waals surface area contributed by atoms with Gasteiger partial charge >= 0.3 is 0 Å². The lowest BCUT2D eigenvalue weighted by Crippen LogP contribution is -2.38. The Morgan fingerprint density at radius 3 is 2.67 bits per heavy atom. The summed E-state index contributed by atoms with van der Waals surface area (Å²) in [7, 11) is 0. The van der Waals surface area contributed by atoms with Crippen LogP contribution in [0.15, 0.2) is 16.9 Å². The zero-order chi connectivity index (χ0) is 15.6. The minimum Gasteiger partial charge on any atom is -0.395 e. The Morgan fingerprint density at radius 1 is 1.38 bits per heavy atom. The molecule has 0 amide bonds. The van der Waals surface area contributed by atoms with Crippen molar-refractivity contribution in [2.75, 3.05) is 19.7 Å². The van der Waals surface area contributed by atoms with Crippen molar-refractivity contribution in [3.8, 4) is 0 Å². The van der Waals surface area contributed by atoms with Gasteiger partial charge in [0.25, 0.3) is 12.0 Å². The Hall–Kier alpha value is -1.27. The van der Waals surface area contributed by atoms with E-state index in [0.717, 1.165) is 0 Å². The molecule has 0 aromatic carbocycles. The van der Waals surface area contributed by atoms with Gasteiger partial charge in [-0.2, -0.15) is 0 Å². The molecule has 0 fully saturated rings. The van der Waals surface area contributed by atoms with Gasteiger partial charge in [0.05, 0.1) is 6.61 Å². The van der Waals surface area contributed by atoms with Gasteiger partial charge in [0, 0.05) is 48.9 Å². The van der Waals surface area contributed by atoms with Crippen LogP contribution in [0.25, 0.3) is 0 Å². The molecule has 2 rings (SSSR count). The van der Waals surface area contributed by atoms with Gasteiger partial charge in [-0.15, -0.1) is 0 Å². The second kappa shape index (κ2) is 6.66. The Bertz CT molecular complexity index is 545. The number of halogens is 2. The van der Waals surface area contributed by atoms with Crippen molar-refractivity contribution in [1.82, 2.24) is 9.47 Å². The van der Waals surface area contributed by atoms with Crippen molar-refractivity contribution in [3.05, 3.63) is 33.7 Å². The summed E-state index contributed by atoms with van der Waals surface area (Å²) in [4.78, 5) is 14.1. The maximum atomic E-state index is 13.3. The Kier molecular flexibility index (Phi) is 5.11. The molecule has 118 valence electrons. The van der Waals surface area contributed by atoms with Gasteiger partial charge in [-0.05, 0) is 19.4 Å². The van der Waals surface area contributed by atoms with Crippen molar-refractivity contribution in [2.45, 2.75) is 45.2 Å². The van der Waals surface area contributed by atoms with Crippen molar-refractivity contribution >= 4 is 0 Å². The van der Waals surface area contributed by atoms with Crippen LogP contribution in [0.5, 0.6) is 0 Å². The molecule has 1 aliphatic heterocycles. The van der Waals surface area contributed by atoms with E-state index < -0.39 is 6.43 Å². The number of pyridine rings is 1. The molecule has 2 heterocycles. The number of fused-ring (bicyclic) bond motifs is 1. The van der Waals surface area contributed by atoms with Gasteiger partial charge in [0.15, 0.2) is 0 Å². The summed E-state index contributed by atoms with van der Waals surface area (Å²) >= 11 is 0. The van der Waals surface area contributed by atoms with Crippen LogP contribution in [0, 0.1) is 0 Å². The van der Waals surface area contributed by atoms with Crippen LogP contribution in [0.4, 0.5) is 8.78 Å². The number of rotatable bonds is 4. The normalized spacial score (nSPS) is 21.1. The molecule has 0 saturated heterocycles. The number of alkyl halides is 2. The van der Waals surface area contributed by atoms with E-state index in [1.807, 2.05) is 13.8 Å². The fourth-order valence-corrected chi connectivity index (χ4v) is 3.01. The smallest absolute Gasteiger partial charge is 0.265 e. The van der Waals surface area contributed by atoms with Crippen molar-refractivity contribution in [2.24, 2.45) is 0 Å². The summed E-state index contributed by atoms with van der Waals surface area (Å²) < 4.78 is 28.0. The van der Waals surface area contributed by atoms with Gasteiger partial charge in [-0.1, -0.05) is 6.92 Å². The average molecular weight is 300 g/mol. The molecule has 0 bridgehead atoms. The Morgan fingerprint density at radius 2 is 2.10 bits per heavy atom. The first kappa shape index (κ1) is 16.1. The van der Waals surface area contributed by atoms with E-state index in [4.69, 9.17) is 0 Å². The van der Waals surface area contributed by atoms with Crippen LogP contribution in [0.3, 0.4) is 0 Å². The monoisotopic (exact) mass is 300 g/mol. The third-order valence-electron chi connectivity index (χ3n) is 4.33. The molecule has 1 aromatic rings. The molecule has 1 aliphatic rings. The zero-order valence-corrected chi connectivity index (χ0v) is 12.4. The topological polar surface area (TPSA) is 45.5 Å². The van der Waals surface area contributed by atoms with Crippen molar-refractivity contribution in [1.29, 1.82) is 0 Å². The fourth-order valence-electron chi connectivity index (χ4n) is 3.01. The first-order chi connectivity index (χ1) is 9.99. The van der Waals surface area contributed by atoms with E-state index in [0.29, 0.717) is 31.7 Å². The highest BCUT2D eigenvalue weighted by Gasteiger charge is 2.29. The summed E-state index contributed by atoms with van der Waals surface area (Å²) in [6.45, 7) is 5.41. The maximum absolute atomic E-state index is 13.3. The second-order valence-electron chi connectivity index (χ2n) is 5.60. The summed E-state index contributed by atoms with van der Waals surface area (Å²) in [6, 6.07) is 2.44. The van der Waals surface area contributed by atoms with Gasteiger partial charge < -0.3 is 9.67 Å². The number of hydrogen-bond donors (Lipinski definition) is 1. The SMILES string of the molecule is CC[C@@H]1CN(C(C)CO)CCn2c1c(C(F)F)ccc2=O. The Labute approximate surface area is 123 Å². The summed E-state index contributed by atoms with van der Waals surface area (Å²) in [5.74, 6) is -0.126. The van der Waals surface area contributed by atoms with Crippen LogP contribution in [-0.4, -0.2) is 40.3 Å². The van der Waals surface area contributed by atoms with Crippen LogP contribution >= 0.6 is 0 Å². The zero-order valence-electron chi connectivity index (χ0n) is 12.4. The highest BCUT2D eigenvalue weighted by atomic mass is 19.3. The molecule has 0 radical (unpaired) electrons. The highest BCUT2D eigenvalue weighted by Crippen LogP contribution is 2.31. The van der Waals surface area contributed by atoms with Crippen molar-refractivity contribution in [3.63, 3.8) is 0 Å². The molecule has 4 nitrogen and oxygen atoms in total. The van der Waals surface area contributed by atoms with Crippen LogP contribution in [-0.2, 0) is 6.54 Å². The van der Waals surface area contributed by atoms with E-state index in [1.165, 1.54) is 16.7 Å². The first-order valence-electron chi connectivity index (χ1n) is 7.36. The molecular formula is C15H22F2N2O2. The average Bonchev–Trinajstić information content (AvgIpc) is 2.67. The van der Waals surface area contributed by atoms with E-state index in [1.54, 1.807) is 0 Å². The molecule has 2 atom stereocenters. The molecule has 1 unspecified atom stereocenters. The molecule has 21 heavy (non-hydrogen) atoms. The third kappa shape index (κ3) is 3.16. The molecule has 0 aliphatic carbocycles. The lowest BCUT2D eigenvalue weighted by Gasteiger charge is -2.28. The minimum atomic E-state index is -2.58. The number of aliphatic hydroxyl groups is 1. The largest absolute Gasteiger partial charge is 0.395 e. The fraction of sp³-hybridized carbons (Fsp3) is 0.667. The van der Waals surface area contributed by atoms with Gasteiger partial charge in [-0.25, -0.2) is 8.78 Å². The van der Waals surface area contributed by atoms with Gasteiger partial charge in [-0.3, -0.25) is 9.69 Å². The summed E-state index contributed by atoms with van der Waals surface area (Å²) in [5.41, 5.74) is 0.193. The number of nitrogens with zero attached hydrogens (tertiary/aromatic N) is 2. The summed E-state index contributed by atoms with van der Waals surface area (Å²) in [6.07, 6.45) is -1.90. The second-order valence-corrected chi connectivity index (χ2v) is 5.60. The van der Waals surface area contributed by atoms with Crippen LogP contribution < -0.4 is 5.56 Å². The lowest BCUT2D eigenvalue weighted by atomic mass is 9.96. The molecule has 1 N–H and O–H groups in total.